The number of nitrogens with zero attached hydrogens (tertiary/aromatic N) is 2. The smallest absolute Gasteiger partial charge is 0.140 e. The number of anilines is 1. The Kier molecular flexibility index (Phi) is 3.23. The molecule has 2 aliphatic rings. The van der Waals surface area contributed by atoms with Gasteiger partial charge in [0.1, 0.15) is 11.6 Å². The highest BCUT2D eigenvalue weighted by Crippen LogP contribution is 2.39. The van der Waals surface area contributed by atoms with Gasteiger partial charge in [-0.15, -0.1) is 0 Å². The van der Waals surface area contributed by atoms with Crippen LogP contribution in [0.15, 0.2) is 6.07 Å². The first-order valence-electron chi connectivity index (χ1n) is 6.56. The van der Waals surface area contributed by atoms with Crippen LogP contribution in [0.1, 0.15) is 56.0 Å². The molecule has 1 aromatic heterocycles. The zero-order valence-corrected chi connectivity index (χ0v) is 10.9. The molecule has 92 valence electrons. The quantitative estimate of drug-likeness (QED) is 0.890. The number of rotatable bonds is 4. The summed E-state index contributed by atoms with van der Waals surface area (Å²) in [5.74, 6) is 3.17. The summed E-state index contributed by atoms with van der Waals surface area (Å²) in [7, 11) is 0. The van der Waals surface area contributed by atoms with E-state index >= 15 is 0 Å². The number of hydrogen-bond acceptors (Lipinski definition) is 4. The van der Waals surface area contributed by atoms with Crippen LogP contribution in [0.2, 0.25) is 0 Å². The second-order valence-corrected chi connectivity index (χ2v) is 6.41. The van der Waals surface area contributed by atoms with E-state index in [0.29, 0.717) is 11.7 Å². The zero-order valence-electron chi connectivity index (χ0n) is 10.1. The Labute approximate surface area is 107 Å². The Bertz CT molecular complexity index is 398. The van der Waals surface area contributed by atoms with E-state index in [1.54, 1.807) is 0 Å². The number of nitrogen functional groups attached to an aromatic ring is 1. The van der Waals surface area contributed by atoms with E-state index in [0.717, 1.165) is 16.8 Å². The molecule has 0 aliphatic heterocycles. The minimum atomic E-state index is 0.643. The predicted molar refractivity (Wildman–Crippen MR) is 72.0 cm³/mol. The van der Waals surface area contributed by atoms with E-state index in [-0.39, 0.29) is 0 Å². The summed E-state index contributed by atoms with van der Waals surface area (Å²) in [4.78, 5) is 9.00. The molecule has 0 spiro atoms. The molecule has 0 bridgehead atoms. The summed E-state index contributed by atoms with van der Waals surface area (Å²) in [5, 5.41) is 0.824. The SMILES string of the molecule is Nc1cc(C2CC2)nc(CSC2CCCC2)n1. The molecular weight excluding hydrogens is 230 g/mol. The molecular formula is C13H19N3S. The highest BCUT2D eigenvalue weighted by Gasteiger charge is 2.26. The molecule has 0 aromatic carbocycles. The third kappa shape index (κ3) is 2.92. The van der Waals surface area contributed by atoms with Crippen molar-refractivity contribution in [1.82, 2.24) is 9.97 Å². The van der Waals surface area contributed by atoms with Gasteiger partial charge in [0.25, 0.3) is 0 Å². The van der Waals surface area contributed by atoms with E-state index < -0.39 is 0 Å². The maximum absolute atomic E-state index is 5.85. The number of nitrogens with two attached hydrogens (primary N) is 1. The first-order valence-corrected chi connectivity index (χ1v) is 7.61. The number of thioether (sulfide) groups is 1. The van der Waals surface area contributed by atoms with Gasteiger partial charge in [-0.2, -0.15) is 11.8 Å². The van der Waals surface area contributed by atoms with E-state index in [1.807, 2.05) is 17.8 Å². The Morgan fingerprint density at radius 3 is 2.65 bits per heavy atom. The maximum Gasteiger partial charge on any atom is 0.140 e. The minimum Gasteiger partial charge on any atom is -0.384 e. The fraction of sp³-hybridized carbons (Fsp3) is 0.692. The summed E-state index contributed by atoms with van der Waals surface area (Å²) in [6.45, 7) is 0. The van der Waals surface area contributed by atoms with Crippen LogP contribution in [-0.4, -0.2) is 15.2 Å². The second kappa shape index (κ2) is 4.84. The molecule has 4 heteroatoms. The van der Waals surface area contributed by atoms with Crippen LogP contribution in [-0.2, 0) is 5.75 Å². The summed E-state index contributed by atoms with van der Waals surface area (Å²) in [6.07, 6.45) is 8.05. The van der Waals surface area contributed by atoms with Crippen molar-refractivity contribution in [1.29, 1.82) is 0 Å². The van der Waals surface area contributed by atoms with Crippen LogP contribution >= 0.6 is 11.8 Å². The zero-order chi connectivity index (χ0) is 11.7. The molecule has 3 rings (SSSR count). The standard InChI is InChI=1S/C13H19N3S/c14-12-7-11(9-5-6-9)15-13(16-12)8-17-10-3-1-2-4-10/h7,9-10H,1-6,8H2,(H2,14,15,16). The largest absolute Gasteiger partial charge is 0.384 e. The topological polar surface area (TPSA) is 51.8 Å². The Morgan fingerprint density at radius 2 is 1.94 bits per heavy atom. The van der Waals surface area contributed by atoms with Gasteiger partial charge in [-0.1, -0.05) is 12.8 Å². The first-order chi connectivity index (χ1) is 8.31. The van der Waals surface area contributed by atoms with Crippen molar-refractivity contribution in [2.24, 2.45) is 0 Å². The fourth-order valence-corrected chi connectivity index (χ4v) is 3.62. The van der Waals surface area contributed by atoms with Crippen molar-refractivity contribution in [2.75, 3.05) is 5.73 Å². The Morgan fingerprint density at radius 1 is 1.18 bits per heavy atom. The summed E-state index contributed by atoms with van der Waals surface area (Å²) >= 11 is 2.01. The molecule has 2 aliphatic carbocycles. The van der Waals surface area contributed by atoms with E-state index in [4.69, 9.17) is 5.73 Å². The Balaban J connectivity index is 1.64. The summed E-state index contributed by atoms with van der Waals surface area (Å²) in [5.41, 5.74) is 7.01. The van der Waals surface area contributed by atoms with Gasteiger partial charge < -0.3 is 5.73 Å². The fourth-order valence-electron chi connectivity index (χ4n) is 2.44. The highest BCUT2D eigenvalue weighted by atomic mass is 32.2. The lowest BCUT2D eigenvalue weighted by Gasteiger charge is -2.09. The average Bonchev–Trinajstić information content (AvgIpc) is 3.04. The van der Waals surface area contributed by atoms with Crippen LogP contribution in [0, 0.1) is 0 Å². The normalized spacial score (nSPS) is 20.9. The summed E-state index contributed by atoms with van der Waals surface area (Å²) in [6, 6.07) is 1.95. The van der Waals surface area contributed by atoms with Gasteiger partial charge in [-0.05, 0) is 25.7 Å². The molecule has 17 heavy (non-hydrogen) atoms. The van der Waals surface area contributed by atoms with Gasteiger partial charge >= 0.3 is 0 Å². The monoisotopic (exact) mass is 249 g/mol. The lowest BCUT2D eigenvalue weighted by Crippen LogP contribution is -2.03. The van der Waals surface area contributed by atoms with E-state index in [9.17, 15) is 0 Å². The number of aromatic nitrogens is 2. The van der Waals surface area contributed by atoms with Gasteiger partial charge in [0, 0.05) is 22.9 Å². The molecule has 0 saturated heterocycles. The van der Waals surface area contributed by atoms with Crippen molar-refractivity contribution in [3.05, 3.63) is 17.6 Å². The van der Waals surface area contributed by atoms with Crippen LogP contribution in [0.4, 0.5) is 5.82 Å². The molecule has 2 fully saturated rings. The Hall–Kier alpha value is -0.770. The van der Waals surface area contributed by atoms with Crippen LogP contribution in [0.25, 0.3) is 0 Å². The van der Waals surface area contributed by atoms with Gasteiger partial charge in [-0.25, -0.2) is 9.97 Å². The number of hydrogen-bond donors (Lipinski definition) is 1. The van der Waals surface area contributed by atoms with Crippen molar-refractivity contribution in [3.8, 4) is 0 Å². The van der Waals surface area contributed by atoms with Crippen molar-refractivity contribution in [3.63, 3.8) is 0 Å². The second-order valence-electron chi connectivity index (χ2n) is 5.13. The molecule has 0 atom stereocenters. The van der Waals surface area contributed by atoms with Crippen LogP contribution < -0.4 is 5.73 Å². The van der Waals surface area contributed by atoms with Crippen LogP contribution in [0.3, 0.4) is 0 Å². The molecule has 0 unspecified atom stereocenters. The lowest BCUT2D eigenvalue weighted by molar-refractivity contribution is 0.886. The third-order valence-corrected chi connectivity index (χ3v) is 4.93. The van der Waals surface area contributed by atoms with Gasteiger partial charge in [0.15, 0.2) is 0 Å². The molecule has 1 heterocycles. The van der Waals surface area contributed by atoms with Crippen molar-refractivity contribution < 1.29 is 0 Å². The molecule has 2 N–H and O–H groups in total. The maximum atomic E-state index is 5.85. The lowest BCUT2D eigenvalue weighted by atomic mass is 10.3. The van der Waals surface area contributed by atoms with Gasteiger partial charge in [-0.3, -0.25) is 0 Å². The third-order valence-electron chi connectivity index (χ3n) is 3.56. The minimum absolute atomic E-state index is 0.643. The predicted octanol–water partition coefficient (Wildman–Crippen LogP) is 3.11. The molecule has 0 radical (unpaired) electrons. The molecule has 2 saturated carbocycles. The van der Waals surface area contributed by atoms with Gasteiger partial charge in [0.05, 0.1) is 5.75 Å². The first kappa shape index (κ1) is 11.3. The van der Waals surface area contributed by atoms with Gasteiger partial charge in [0.2, 0.25) is 0 Å². The van der Waals surface area contributed by atoms with E-state index in [1.165, 1.54) is 44.2 Å². The molecule has 3 nitrogen and oxygen atoms in total. The molecule has 1 aromatic rings. The van der Waals surface area contributed by atoms with Crippen molar-refractivity contribution >= 4 is 17.6 Å². The van der Waals surface area contributed by atoms with E-state index in [2.05, 4.69) is 9.97 Å². The van der Waals surface area contributed by atoms with Crippen LogP contribution in [0.5, 0.6) is 0 Å². The van der Waals surface area contributed by atoms with Crippen molar-refractivity contribution in [2.45, 2.75) is 55.4 Å². The molecule has 0 amide bonds. The average molecular weight is 249 g/mol. The highest BCUT2D eigenvalue weighted by molar-refractivity contribution is 7.99. The summed E-state index contributed by atoms with van der Waals surface area (Å²) < 4.78 is 0.